The molecule has 1 fully saturated rings. The van der Waals surface area contributed by atoms with Crippen LogP contribution in [-0.4, -0.2) is 35.4 Å². The molecule has 6 heteroatoms. The van der Waals surface area contributed by atoms with Crippen molar-refractivity contribution in [1.82, 2.24) is 10.2 Å². The van der Waals surface area contributed by atoms with Crippen LogP contribution in [0.25, 0.3) is 0 Å². The summed E-state index contributed by atoms with van der Waals surface area (Å²) in [5.41, 5.74) is 2.03. The highest BCUT2D eigenvalue weighted by molar-refractivity contribution is 6.30. The fourth-order valence-corrected chi connectivity index (χ4v) is 3.75. The Morgan fingerprint density at radius 2 is 1.73 bits per heavy atom. The van der Waals surface area contributed by atoms with E-state index in [2.05, 4.69) is 5.32 Å². The Labute approximate surface area is 183 Å². The fourth-order valence-electron chi connectivity index (χ4n) is 3.62. The Kier molecular flexibility index (Phi) is 7.75. The summed E-state index contributed by atoms with van der Waals surface area (Å²) in [6.07, 6.45) is 4.27. The molecule has 1 aliphatic rings. The first-order valence-electron chi connectivity index (χ1n) is 10.5. The smallest absolute Gasteiger partial charge is 0.261 e. The fraction of sp³-hybridized carbons (Fsp3) is 0.417. The van der Waals surface area contributed by atoms with Gasteiger partial charge in [-0.3, -0.25) is 9.59 Å². The van der Waals surface area contributed by atoms with E-state index in [-0.39, 0.29) is 24.5 Å². The Morgan fingerprint density at radius 1 is 1.10 bits per heavy atom. The summed E-state index contributed by atoms with van der Waals surface area (Å²) in [4.78, 5) is 27.4. The number of hydrogen-bond donors (Lipinski definition) is 1. The summed E-state index contributed by atoms with van der Waals surface area (Å²) in [6.45, 7) is 3.95. The van der Waals surface area contributed by atoms with Gasteiger partial charge in [0, 0.05) is 17.6 Å². The van der Waals surface area contributed by atoms with E-state index in [0.29, 0.717) is 17.3 Å². The van der Waals surface area contributed by atoms with Gasteiger partial charge in [0.15, 0.2) is 6.61 Å². The minimum Gasteiger partial charge on any atom is -0.484 e. The molecule has 1 N–H and O–H groups in total. The lowest BCUT2D eigenvalue weighted by molar-refractivity contribution is -0.142. The van der Waals surface area contributed by atoms with Crippen molar-refractivity contribution in [1.29, 1.82) is 0 Å². The highest BCUT2D eigenvalue weighted by atomic mass is 35.5. The standard InChI is InChI=1S/C24H29ClN2O3/c1-17-7-13-22(14-8-17)30-16-23(28)27(15-19-9-11-20(25)12-10-19)18(2)24(29)26-21-5-3-4-6-21/h7-14,18,21H,3-6,15-16H2,1-2H3,(H,26,29)/t18-/m1/s1. The van der Waals surface area contributed by atoms with E-state index >= 15 is 0 Å². The minimum atomic E-state index is -0.601. The van der Waals surface area contributed by atoms with Crippen LogP contribution in [0, 0.1) is 6.92 Å². The molecule has 0 bridgehead atoms. The summed E-state index contributed by atoms with van der Waals surface area (Å²) < 4.78 is 5.68. The van der Waals surface area contributed by atoms with Gasteiger partial charge in [0.2, 0.25) is 5.91 Å². The molecule has 0 spiro atoms. The number of benzene rings is 2. The SMILES string of the molecule is Cc1ccc(OCC(=O)N(Cc2ccc(Cl)cc2)[C@H](C)C(=O)NC2CCCC2)cc1. The normalized spacial score (nSPS) is 14.9. The molecule has 2 aromatic rings. The number of ether oxygens (including phenoxy) is 1. The molecule has 0 saturated heterocycles. The zero-order chi connectivity index (χ0) is 21.5. The average Bonchev–Trinajstić information content (AvgIpc) is 3.25. The summed E-state index contributed by atoms with van der Waals surface area (Å²) >= 11 is 5.98. The Bertz CT molecular complexity index is 846. The van der Waals surface area contributed by atoms with Gasteiger partial charge in [-0.2, -0.15) is 0 Å². The van der Waals surface area contributed by atoms with E-state index < -0.39 is 6.04 Å². The van der Waals surface area contributed by atoms with Gasteiger partial charge < -0.3 is 15.0 Å². The van der Waals surface area contributed by atoms with Crippen LogP contribution < -0.4 is 10.1 Å². The number of rotatable bonds is 8. The molecule has 30 heavy (non-hydrogen) atoms. The first-order valence-corrected chi connectivity index (χ1v) is 10.8. The van der Waals surface area contributed by atoms with E-state index in [0.717, 1.165) is 36.8 Å². The van der Waals surface area contributed by atoms with Gasteiger partial charge in [-0.1, -0.05) is 54.3 Å². The third kappa shape index (κ3) is 6.23. The van der Waals surface area contributed by atoms with E-state index in [4.69, 9.17) is 16.3 Å². The maximum Gasteiger partial charge on any atom is 0.261 e. The van der Waals surface area contributed by atoms with Gasteiger partial charge in [0.1, 0.15) is 11.8 Å². The van der Waals surface area contributed by atoms with Crippen LogP contribution >= 0.6 is 11.6 Å². The van der Waals surface area contributed by atoms with Gasteiger partial charge in [-0.25, -0.2) is 0 Å². The molecular weight excluding hydrogens is 400 g/mol. The van der Waals surface area contributed by atoms with Crippen LogP contribution in [-0.2, 0) is 16.1 Å². The lowest BCUT2D eigenvalue weighted by atomic mass is 10.1. The molecule has 0 aliphatic heterocycles. The monoisotopic (exact) mass is 428 g/mol. The van der Waals surface area contributed by atoms with Crippen molar-refractivity contribution < 1.29 is 14.3 Å². The molecule has 5 nitrogen and oxygen atoms in total. The van der Waals surface area contributed by atoms with Crippen molar-refractivity contribution in [2.24, 2.45) is 0 Å². The number of nitrogens with one attached hydrogen (secondary N) is 1. The largest absolute Gasteiger partial charge is 0.484 e. The number of nitrogens with zero attached hydrogens (tertiary/aromatic N) is 1. The van der Waals surface area contributed by atoms with Gasteiger partial charge >= 0.3 is 0 Å². The molecule has 1 saturated carbocycles. The quantitative estimate of drug-likeness (QED) is 0.673. The van der Waals surface area contributed by atoms with Gasteiger partial charge in [-0.05, 0) is 56.5 Å². The number of carbonyl (C=O) groups is 2. The molecule has 0 unspecified atom stereocenters. The van der Waals surface area contributed by atoms with Crippen molar-refractivity contribution in [3.63, 3.8) is 0 Å². The average molecular weight is 429 g/mol. The molecular formula is C24H29ClN2O3. The van der Waals surface area contributed by atoms with Crippen LogP contribution in [0.5, 0.6) is 5.75 Å². The number of halogens is 1. The topological polar surface area (TPSA) is 58.6 Å². The highest BCUT2D eigenvalue weighted by Crippen LogP contribution is 2.19. The van der Waals surface area contributed by atoms with Crippen molar-refractivity contribution in [3.8, 4) is 5.75 Å². The molecule has 2 aromatic carbocycles. The Morgan fingerprint density at radius 3 is 2.37 bits per heavy atom. The van der Waals surface area contributed by atoms with Crippen molar-refractivity contribution >= 4 is 23.4 Å². The third-order valence-corrected chi connectivity index (χ3v) is 5.77. The van der Waals surface area contributed by atoms with E-state index in [1.807, 2.05) is 43.3 Å². The summed E-state index contributed by atoms with van der Waals surface area (Å²) in [5.74, 6) is 0.266. The summed E-state index contributed by atoms with van der Waals surface area (Å²) in [6, 6.07) is 14.4. The molecule has 0 heterocycles. The van der Waals surface area contributed by atoms with Crippen LogP contribution in [0.15, 0.2) is 48.5 Å². The second-order valence-electron chi connectivity index (χ2n) is 7.92. The molecule has 0 radical (unpaired) electrons. The Hall–Kier alpha value is -2.53. The van der Waals surface area contributed by atoms with Gasteiger partial charge in [-0.15, -0.1) is 0 Å². The lowest BCUT2D eigenvalue weighted by Crippen LogP contribution is -2.50. The summed E-state index contributed by atoms with van der Waals surface area (Å²) in [7, 11) is 0. The van der Waals surface area contributed by atoms with Gasteiger partial charge in [0.25, 0.3) is 5.91 Å². The lowest BCUT2D eigenvalue weighted by Gasteiger charge is -2.29. The van der Waals surface area contributed by atoms with Crippen molar-refractivity contribution in [2.75, 3.05) is 6.61 Å². The van der Waals surface area contributed by atoms with Crippen LogP contribution in [0.4, 0.5) is 0 Å². The minimum absolute atomic E-state index is 0.125. The maximum atomic E-state index is 13.0. The molecule has 1 atom stereocenters. The van der Waals surface area contributed by atoms with Crippen LogP contribution in [0.2, 0.25) is 5.02 Å². The molecule has 3 rings (SSSR count). The van der Waals surface area contributed by atoms with Crippen molar-refractivity contribution in [3.05, 3.63) is 64.7 Å². The predicted octanol–water partition coefficient (Wildman–Crippen LogP) is 4.50. The number of hydrogen-bond acceptors (Lipinski definition) is 3. The van der Waals surface area contributed by atoms with Crippen molar-refractivity contribution in [2.45, 2.75) is 58.2 Å². The number of aryl methyl sites for hydroxylation is 1. The Balaban J connectivity index is 1.69. The van der Waals surface area contributed by atoms with E-state index in [9.17, 15) is 9.59 Å². The second kappa shape index (κ2) is 10.5. The first kappa shape index (κ1) is 22.2. The first-order chi connectivity index (χ1) is 14.4. The molecule has 0 aromatic heterocycles. The van der Waals surface area contributed by atoms with Crippen LogP contribution in [0.3, 0.4) is 0 Å². The van der Waals surface area contributed by atoms with Gasteiger partial charge in [0.05, 0.1) is 0 Å². The number of carbonyl (C=O) groups excluding carboxylic acids is 2. The highest BCUT2D eigenvalue weighted by Gasteiger charge is 2.28. The second-order valence-corrected chi connectivity index (χ2v) is 8.35. The van der Waals surface area contributed by atoms with Crippen LogP contribution in [0.1, 0.15) is 43.7 Å². The predicted molar refractivity (Wildman–Crippen MR) is 119 cm³/mol. The maximum absolute atomic E-state index is 13.0. The van der Waals surface area contributed by atoms with E-state index in [1.54, 1.807) is 24.0 Å². The molecule has 2 amide bonds. The molecule has 160 valence electrons. The zero-order valence-electron chi connectivity index (χ0n) is 17.6. The molecule has 1 aliphatic carbocycles. The summed E-state index contributed by atoms with van der Waals surface area (Å²) in [5, 5.41) is 3.73. The third-order valence-electron chi connectivity index (χ3n) is 5.52. The van der Waals surface area contributed by atoms with E-state index in [1.165, 1.54) is 0 Å². The zero-order valence-corrected chi connectivity index (χ0v) is 18.3. The number of amides is 2.